The van der Waals surface area contributed by atoms with E-state index < -0.39 is 0 Å². The van der Waals surface area contributed by atoms with Crippen LogP contribution in [0.3, 0.4) is 0 Å². The number of nitrogens with zero attached hydrogens (tertiary/aromatic N) is 2. The lowest BCUT2D eigenvalue weighted by Crippen LogP contribution is -2.20. The maximum Gasteiger partial charge on any atom is 0.231 e. The fraction of sp³-hybridized carbons (Fsp3) is 0.231. The Morgan fingerprint density at radius 2 is 2.22 bits per heavy atom. The Bertz CT molecular complexity index is 629. The molecule has 1 aromatic heterocycles. The molecule has 1 aliphatic rings. The molecule has 0 radical (unpaired) electrons. The zero-order valence-corrected chi connectivity index (χ0v) is 10.9. The van der Waals surface area contributed by atoms with Gasteiger partial charge in [-0.2, -0.15) is 0 Å². The second-order valence-electron chi connectivity index (χ2n) is 4.38. The van der Waals surface area contributed by atoms with Crippen LogP contribution in [0.25, 0.3) is 10.6 Å². The molecule has 92 valence electrons. The molecule has 2 heterocycles. The summed E-state index contributed by atoms with van der Waals surface area (Å²) < 4.78 is 0. The zero-order valence-electron chi connectivity index (χ0n) is 10.1. The number of fused-ring (bicyclic) bond motifs is 1. The molecule has 1 amide bonds. The van der Waals surface area contributed by atoms with Crippen molar-refractivity contribution in [2.45, 2.75) is 13.3 Å². The van der Waals surface area contributed by atoms with Crippen molar-refractivity contribution in [1.29, 1.82) is 0 Å². The number of carbonyl (C=O) groups is 1. The van der Waals surface area contributed by atoms with Gasteiger partial charge in [0.05, 0.1) is 12.1 Å². The molecule has 18 heavy (non-hydrogen) atoms. The first-order valence-electron chi connectivity index (χ1n) is 5.62. The van der Waals surface area contributed by atoms with Crippen LogP contribution in [0.4, 0.5) is 5.69 Å². The fourth-order valence-electron chi connectivity index (χ4n) is 2.12. The molecule has 5 heteroatoms. The summed E-state index contributed by atoms with van der Waals surface area (Å²) in [5, 5.41) is 10.6. The Balaban J connectivity index is 2.06. The molecule has 0 aliphatic carbocycles. The van der Waals surface area contributed by atoms with Gasteiger partial charge < -0.3 is 10.0 Å². The second kappa shape index (κ2) is 3.81. The summed E-state index contributed by atoms with van der Waals surface area (Å²) in [5.41, 5.74) is 3.57. The first-order valence-corrected chi connectivity index (χ1v) is 6.44. The smallest absolute Gasteiger partial charge is 0.231 e. The van der Waals surface area contributed by atoms with Gasteiger partial charge in [0.15, 0.2) is 5.06 Å². The van der Waals surface area contributed by atoms with Crippen molar-refractivity contribution in [3.05, 3.63) is 29.5 Å². The second-order valence-corrected chi connectivity index (χ2v) is 5.36. The van der Waals surface area contributed by atoms with Crippen molar-refractivity contribution in [3.8, 4) is 15.6 Å². The number of anilines is 1. The van der Waals surface area contributed by atoms with E-state index in [1.54, 1.807) is 18.9 Å². The molecule has 2 aromatic rings. The van der Waals surface area contributed by atoms with Crippen molar-refractivity contribution in [1.82, 2.24) is 4.98 Å². The molecular formula is C13H12N2O2S. The van der Waals surface area contributed by atoms with Crippen LogP contribution in [-0.2, 0) is 11.2 Å². The zero-order chi connectivity index (χ0) is 12.9. The van der Waals surface area contributed by atoms with Crippen LogP contribution < -0.4 is 4.90 Å². The van der Waals surface area contributed by atoms with Gasteiger partial charge in [0.2, 0.25) is 5.91 Å². The van der Waals surface area contributed by atoms with Crippen LogP contribution in [0.2, 0.25) is 0 Å². The molecule has 4 nitrogen and oxygen atoms in total. The summed E-state index contributed by atoms with van der Waals surface area (Å²) in [4.78, 5) is 17.6. The van der Waals surface area contributed by atoms with Gasteiger partial charge in [-0.25, -0.2) is 4.98 Å². The van der Waals surface area contributed by atoms with E-state index >= 15 is 0 Å². The van der Waals surface area contributed by atoms with Gasteiger partial charge in [-0.1, -0.05) is 11.3 Å². The van der Waals surface area contributed by atoms with E-state index in [-0.39, 0.29) is 11.0 Å². The van der Waals surface area contributed by atoms with Gasteiger partial charge in [-0.05, 0) is 30.7 Å². The van der Waals surface area contributed by atoms with Gasteiger partial charge in [0, 0.05) is 18.3 Å². The van der Waals surface area contributed by atoms with Crippen LogP contribution >= 0.6 is 11.3 Å². The van der Waals surface area contributed by atoms with Crippen LogP contribution in [0.1, 0.15) is 11.3 Å². The van der Waals surface area contributed by atoms with Gasteiger partial charge >= 0.3 is 0 Å². The highest BCUT2D eigenvalue weighted by molar-refractivity contribution is 7.16. The summed E-state index contributed by atoms with van der Waals surface area (Å²) in [7, 11) is 1.78. The first kappa shape index (κ1) is 11.2. The highest BCUT2D eigenvalue weighted by Gasteiger charge is 2.24. The van der Waals surface area contributed by atoms with Crippen molar-refractivity contribution in [2.24, 2.45) is 0 Å². The standard InChI is InChI=1S/C13H12N2O2S/c1-7-13(17)18-12(14-7)8-3-4-10-9(5-8)6-11(16)15(10)2/h3-5,17H,6H2,1-2H3. The molecule has 0 fully saturated rings. The number of likely N-dealkylation sites (N-methyl/N-ethyl adjacent to an activating group) is 1. The number of thiazole rings is 1. The van der Waals surface area contributed by atoms with E-state index in [9.17, 15) is 9.90 Å². The number of hydrogen-bond donors (Lipinski definition) is 1. The summed E-state index contributed by atoms with van der Waals surface area (Å²) in [6.45, 7) is 1.78. The van der Waals surface area contributed by atoms with Gasteiger partial charge in [0.25, 0.3) is 0 Å². The lowest BCUT2D eigenvalue weighted by molar-refractivity contribution is -0.117. The number of aromatic hydroxyl groups is 1. The third kappa shape index (κ3) is 1.59. The lowest BCUT2D eigenvalue weighted by atomic mass is 10.1. The average molecular weight is 260 g/mol. The molecule has 0 atom stereocenters. The highest BCUT2D eigenvalue weighted by atomic mass is 32.1. The molecule has 0 saturated carbocycles. The van der Waals surface area contributed by atoms with E-state index in [1.807, 2.05) is 18.2 Å². The van der Waals surface area contributed by atoms with Gasteiger partial charge in [0.1, 0.15) is 5.01 Å². The predicted octanol–water partition coefficient (Wildman–Crippen LogP) is 2.34. The Labute approximate surface area is 109 Å². The summed E-state index contributed by atoms with van der Waals surface area (Å²) in [5.74, 6) is 0.111. The van der Waals surface area contributed by atoms with Crippen molar-refractivity contribution in [3.63, 3.8) is 0 Å². The van der Waals surface area contributed by atoms with E-state index in [1.165, 1.54) is 11.3 Å². The Hall–Kier alpha value is -1.88. The molecule has 0 unspecified atom stereocenters. The molecule has 1 aliphatic heterocycles. The number of benzene rings is 1. The van der Waals surface area contributed by atoms with Gasteiger partial charge in [-0.15, -0.1) is 0 Å². The number of amides is 1. The van der Waals surface area contributed by atoms with Gasteiger partial charge in [-0.3, -0.25) is 4.79 Å². The number of aryl methyl sites for hydroxylation is 1. The summed E-state index contributed by atoms with van der Waals surface area (Å²) in [6, 6.07) is 5.85. The number of hydrogen-bond acceptors (Lipinski definition) is 4. The summed E-state index contributed by atoms with van der Waals surface area (Å²) in [6.07, 6.45) is 0.440. The quantitative estimate of drug-likeness (QED) is 0.856. The molecule has 3 rings (SSSR count). The molecule has 1 aromatic carbocycles. The normalized spacial score (nSPS) is 14.1. The largest absolute Gasteiger partial charge is 0.498 e. The fourth-order valence-corrected chi connectivity index (χ4v) is 2.92. The molecular weight excluding hydrogens is 248 g/mol. The molecule has 1 N–H and O–H groups in total. The number of carbonyl (C=O) groups excluding carboxylic acids is 1. The highest BCUT2D eigenvalue weighted by Crippen LogP contribution is 2.36. The molecule has 0 saturated heterocycles. The van der Waals surface area contributed by atoms with E-state index in [2.05, 4.69) is 4.98 Å². The third-order valence-corrected chi connectivity index (χ3v) is 4.18. The van der Waals surface area contributed by atoms with Crippen LogP contribution in [0, 0.1) is 6.92 Å². The number of rotatable bonds is 1. The van der Waals surface area contributed by atoms with E-state index in [0.717, 1.165) is 21.8 Å². The van der Waals surface area contributed by atoms with Crippen molar-refractivity contribution in [2.75, 3.05) is 11.9 Å². The minimum absolute atomic E-state index is 0.111. The van der Waals surface area contributed by atoms with Crippen LogP contribution in [-0.4, -0.2) is 23.0 Å². The maximum atomic E-state index is 11.6. The SMILES string of the molecule is Cc1nc(-c2ccc3c(c2)CC(=O)N3C)sc1O. The van der Waals surface area contributed by atoms with Crippen LogP contribution in [0.5, 0.6) is 5.06 Å². The van der Waals surface area contributed by atoms with Crippen molar-refractivity contribution < 1.29 is 9.90 Å². The van der Waals surface area contributed by atoms with Crippen LogP contribution in [0.15, 0.2) is 18.2 Å². The topological polar surface area (TPSA) is 53.4 Å². The summed E-state index contributed by atoms with van der Waals surface area (Å²) >= 11 is 1.26. The Kier molecular flexibility index (Phi) is 2.38. The third-order valence-electron chi connectivity index (χ3n) is 3.18. The lowest BCUT2D eigenvalue weighted by Gasteiger charge is -2.09. The van der Waals surface area contributed by atoms with Crippen molar-refractivity contribution >= 4 is 22.9 Å². The minimum Gasteiger partial charge on any atom is -0.498 e. The Morgan fingerprint density at radius 3 is 2.89 bits per heavy atom. The molecule has 0 spiro atoms. The molecule has 0 bridgehead atoms. The predicted molar refractivity (Wildman–Crippen MR) is 71.1 cm³/mol. The maximum absolute atomic E-state index is 11.6. The number of aromatic nitrogens is 1. The Morgan fingerprint density at radius 1 is 1.44 bits per heavy atom. The van der Waals surface area contributed by atoms with E-state index in [0.29, 0.717) is 12.1 Å². The first-order chi connectivity index (χ1) is 8.56. The van der Waals surface area contributed by atoms with E-state index in [4.69, 9.17) is 0 Å². The monoisotopic (exact) mass is 260 g/mol. The average Bonchev–Trinajstić information content (AvgIpc) is 2.81. The minimum atomic E-state index is 0.111.